The summed E-state index contributed by atoms with van der Waals surface area (Å²) in [6.07, 6.45) is 7.07. The largest absolute Gasteiger partial charge is 0.508 e. The Morgan fingerprint density at radius 2 is 1.60 bits per heavy atom. The number of aliphatic hydroxyl groups excluding tert-OH is 1. The van der Waals surface area contributed by atoms with Gasteiger partial charge in [0, 0.05) is 12.1 Å². The van der Waals surface area contributed by atoms with Crippen molar-refractivity contribution < 1.29 is 24.2 Å². The molecule has 0 amide bonds. The summed E-state index contributed by atoms with van der Waals surface area (Å²) in [6.45, 7) is 5.40. The van der Waals surface area contributed by atoms with Gasteiger partial charge < -0.3 is 19.4 Å². The number of phenols is 1. The number of esters is 1. The van der Waals surface area contributed by atoms with Gasteiger partial charge in [0.15, 0.2) is 6.10 Å². The highest BCUT2D eigenvalue weighted by Gasteiger charge is 2.26. The summed E-state index contributed by atoms with van der Waals surface area (Å²) in [5.74, 6) is 0.385. The van der Waals surface area contributed by atoms with Crippen LogP contribution in [0.2, 0.25) is 0 Å². The molecule has 180 valence electrons. The SMILES string of the molecule is CC1=CC(=O)OC(/C=C/c2ccccc2)C1O.Cc1cc(/C=C/c2ccc(O)c(C)c2)oc(=O)c1. The summed E-state index contributed by atoms with van der Waals surface area (Å²) >= 11 is 0. The van der Waals surface area contributed by atoms with Gasteiger partial charge >= 0.3 is 11.6 Å². The number of aliphatic hydroxyl groups is 1. The Hall–Kier alpha value is -4.16. The quantitative estimate of drug-likeness (QED) is 0.515. The first-order chi connectivity index (χ1) is 16.7. The fourth-order valence-electron chi connectivity index (χ4n) is 3.35. The van der Waals surface area contributed by atoms with E-state index in [1.54, 1.807) is 37.3 Å². The molecule has 0 radical (unpaired) electrons. The highest BCUT2D eigenvalue weighted by molar-refractivity contribution is 5.84. The van der Waals surface area contributed by atoms with E-state index in [-0.39, 0.29) is 11.4 Å². The Kier molecular flexibility index (Phi) is 8.59. The smallest absolute Gasteiger partial charge is 0.336 e. The van der Waals surface area contributed by atoms with Gasteiger partial charge in [-0.15, -0.1) is 0 Å². The van der Waals surface area contributed by atoms with Crippen LogP contribution in [0.15, 0.2) is 87.6 Å². The third-order valence-electron chi connectivity index (χ3n) is 5.25. The molecule has 0 aliphatic carbocycles. The predicted octanol–water partition coefficient (Wildman–Crippen LogP) is 5.07. The minimum Gasteiger partial charge on any atom is -0.508 e. The molecule has 2 N–H and O–H groups in total. The second-order valence-corrected chi connectivity index (χ2v) is 8.24. The maximum atomic E-state index is 11.2. The van der Waals surface area contributed by atoms with Crippen molar-refractivity contribution in [1.29, 1.82) is 0 Å². The minimum atomic E-state index is -0.757. The second-order valence-electron chi connectivity index (χ2n) is 8.24. The van der Waals surface area contributed by atoms with Crippen molar-refractivity contribution in [2.75, 3.05) is 0 Å². The lowest BCUT2D eigenvalue weighted by Crippen LogP contribution is -2.34. The number of phenolic OH excluding ortho intramolecular Hbond substituents is 1. The second kappa shape index (κ2) is 11.8. The van der Waals surface area contributed by atoms with Crippen LogP contribution >= 0.6 is 0 Å². The van der Waals surface area contributed by atoms with Crippen LogP contribution in [-0.4, -0.2) is 28.4 Å². The molecule has 1 aromatic heterocycles. The van der Waals surface area contributed by atoms with Crippen LogP contribution in [0.4, 0.5) is 0 Å². The molecule has 0 bridgehead atoms. The maximum Gasteiger partial charge on any atom is 0.336 e. The average molecular weight is 473 g/mol. The summed E-state index contributed by atoms with van der Waals surface area (Å²) in [7, 11) is 0. The van der Waals surface area contributed by atoms with Gasteiger partial charge in [-0.2, -0.15) is 0 Å². The first-order valence-electron chi connectivity index (χ1n) is 11.1. The first-order valence-corrected chi connectivity index (χ1v) is 11.1. The number of carbonyl (C=O) groups excluding carboxylic acids is 1. The molecule has 2 heterocycles. The Morgan fingerprint density at radius 1 is 0.857 bits per heavy atom. The molecule has 35 heavy (non-hydrogen) atoms. The first kappa shape index (κ1) is 25.5. The van der Waals surface area contributed by atoms with E-state index in [9.17, 15) is 19.8 Å². The van der Waals surface area contributed by atoms with Crippen molar-refractivity contribution in [2.45, 2.75) is 33.0 Å². The van der Waals surface area contributed by atoms with E-state index >= 15 is 0 Å². The van der Waals surface area contributed by atoms with E-state index in [1.165, 1.54) is 12.1 Å². The number of carbonyl (C=O) groups is 1. The maximum absolute atomic E-state index is 11.2. The lowest BCUT2D eigenvalue weighted by Gasteiger charge is -2.24. The summed E-state index contributed by atoms with van der Waals surface area (Å²) in [6, 6.07) is 18.2. The van der Waals surface area contributed by atoms with Gasteiger partial charge in [-0.05, 0) is 78.9 Å². The van der Waals surface area contributed by atoms with Crippen molar-refractivity contribution in [3.05, 3.63) is 117 Å². The highest BCUT2D eigenvalue weighted by Crippen LogP contribution is 2.19. The summed E-state index contributed by atoms with van der Waals surface area (Å²) in [4.78, 5) is 22.4. The van der Waals surface area contributed by atoms with Gasteiger partial charge in [0.05, 0.1) is 0 Å². The molecule has 2 unspecified atom stereocenters. The summed E-state index contributed by atoms with van der Waals surface area (Å²) in [5.41, 5.74) is 3.90. The van der Waals surface area contributed by atoms with Crippen molar-refractivity contribution in [3.8, 4) is 5.75 Å². The lowest BCUT2D eigenvalue weighted by atomic mass is 10.0. The molecule has 2 aromatic carbocycles. The molecule has 0 saturated carbocycles. The van der Waals surface area contributed by atoms with Gasteiger partial charge in [-0.3, -0.25) is 0 Å². The predicted molar refractivity (Wildman–Crippen MR) is 137 cm³/mol. The Bertz CT molecular complexity index is 1310. The van der Waals surface area contributed by atoms with Crippen LogP contribution in [0.1, 0.15) is 34.9 Å². The molecule has 0 saturated heterocycles. The number of benzene rings is 2. The third kappa shape index (κ3) is 7.69. The number of cyclic esters (lactones) is 1. The van der Waals surface area contributed by atoms with Gasteiger partial charge in [-0.25, -0.2) is 9.59 Å². The Labute approximate surface area is 204 Å². The molecule has 6 nitrogen and oxygen atoms in total. The molecule has 0 spiro atoms. The number of aryl methyl sites for hydroxylation is 2. The van der Waals surface area contributed by atoms with Crippen molar-refractivity contribution in [3.63, 3.8) is 0 Å². The molecule has 1 aliphatic heterocycles. The molecule has 3 aromatic rings. The average Bonchev–Trinajstić information content (AvgIpc) is 2.82. The third-order valence-corrected chi connectivity index (χ3v) is 5.25. The zero-order chi connectivity index (χ0) is 25.4. The van der Waals surface area contributed by atoms with Crippen LogP contribution < -0.4 is 5.63 Å². The van der Waals surface area contributed by atoms with Gasteiger partial charge in [0.25, 0.3) is 0 Å². The highest BCUT2D eigenvalue weighted by atomic mass is 16.6. The van der Waals surface area contributed by atoms with Crippen LogP contribution in [0.25, 0.3) is 18.2 Å². The summed E-state index contributed by atoms with van der Waals surface area (Å²) < 4.78 is 10.1. The molecule has 2 atom stereocenters. The number of aromatic hydroxyl groups is 1. The van der Waals surface area contributed by atoms with Crippen molar-refractivity contribution >= 4 is 24.2 Å². The van der Waals surface area contributed by atoms with Gasteiger partial charge in [0.2, 0.25) is 0 Å². The van der Waals surface area contributed by atoms with E-state index in [0.717, 1.165) is 22.3 Å². The van der Waals surface area contributed by atoms with Crippen LogP contribution in [0.3, 0.4) is 0 Å². The number of hydrogen-bond donors (Lipinski definition) is 2. The molecule has 4 rings (SSSR count). The minimum absolute atomic E-state index is 0.272. The van der Waals surface area contributed by atoms with E-state index in [1.807, 2.05) is 62.4 Å². The van der Waals surface area contributed by atoms with Crippen LogP contribution in [0.5, 0.6) is 5.75 Å². The van der Waals surface area contributed by atoms with Gasteiger partial charge in [-0.1, -0.05) is 48.6 Å². The Morgan fingerprint density at radius 3 is 2.29 bits per heavy atom. The zero-order valence-electron chi connectivity index (χ0n) is 19.8. The normalized spacial score (nSPS) is 17.6. The molecule has 6 heteroatoms. The Balaban J connectivity index is 0.000000196. The van der Waals surface area contributed by atoms with Crippen LogP contribution in [-0.2, 0) is 9.53 Å². The molecular weight excluding hydrogens is 444 g/mol. The van der Waals surface area contributed by atoms with E-state index in [4.69, 9.17) is 9.15 Å². The molecule has 0 fully saturated rings. The van der Waals surface area contributed by atoms with E-state index < -0.39 is 18.2 Å². The topological polar surface area (TPSA) is 97.0 Å². The van der Waals surface area contributed by atoms with E-state index in [2.05, 4.69) is 0 Å². The zero-order valence-corrected chi connectivity index (χ0v) is 19.8. The lowest BCUT2D eigenvalue weighted by molar-refractivity contribution is -0.146. The number of ether oxygens (including phenoxy) is 1. The van der Waals surface area contributed by atoms with Crippen molar-refractivity contribution in [2.24, 2.45) is 0 Å². The summed E-state index contributed by atoms with van der Waals surface area (Å²) in [5, 5.41) is 19.3. The fraction of sp³-hybridized carbons (Fsp3) is 0.172. The number of rotatable bonds is 4. The van der Waals surface area contributed by atoms with Crippen molar-refractivity contribution in [1.82, 2.24) is 0 Å². The van der Waals surface area contributed by atoms with E-state index in [0.29, 0.717) is 11.3 Å². The molecule has 1 aliphatic rings. The molecular formula is C29H28O6. The fourth-order valence-corrected chi connectivity index (χ4v) is 3.35. The standard InChI is InChI=1S/C15H14O3.C14H14O3/c1-10-7-13(18-15(17)8-10)5-3-12-4-6-14(16)11(2)9-12;1-10-9-13(15)17-12(14(10)16)8-7-11-5-3-2-4-6-11/h3-9,16H,1-2H3;2-9,12,14,16H,1H3/b5-3+;8-7+. The van der Waals surface area contributed by atoms with Crippen LogP contribution in [0, 0.1) is 13.8 Å². The number of hydrogen-bond acceptors (Lipinski definition) is 6. The van der Waals surface area contributed by atoms with Gasteiger partial charge in [0.1, 0.15) is 17.6 Å². The monoisotopic (exact) mass is 472 g/mol.